The summed E-state index contributed by atoms with van der Waals surface area (Å²) in [6.45, 7) is 3.92. The van der Waals surface area contributed by atoms with Crippen LogP contribution in [-0.2, 0) is 0 Å². The van der Waals surface area contributed by atoms with Crippen LogP contribution in [0.5, 0.6) is 5.75 Å². The second-order valence-electron chi connectivity index (χ2n) is 5.96. The molecule has 0 aliphatic heterocycles. The quantitative estimate of drug-likeness (QED) is 0.489. The molecule has 0 atom stereocenters. The van der Waals surface area contributed by atoms with Gasteiger partial charge in [0.05, 0.1) is 16.7 Å². The molecular weight excluding hydrogens is 366 g/mol. The van der Waals surface area contributed by atoms with E-state index in [-0.39, 0.29) is 17.4 Å². The molecule has 2 aromatic carbocycles. The molecule has 27 heavy (non-hydrogen) atoms. The number of nitro groups is 1. The average Bonchev–Trinajstić information content (AvgIpc) is 3.10. The van der Waals surface area contributed by atoms with Crippen molar-refractivity contribution < 1.29 is 14.5 Å². The summed E-state index contributed by atoms with van der Waals surface area (Å²) >= 11 is 1.25. The highest BCUT2D eigenvalue weighted by molar-refractivity contribution is 7.14. The molecule has 0 fully saturated rings. The lowest BCUT2D eigenvalue weighted by molar-refractivity contribution is -0.385. The molecule has 0 saturated carbocycles. The number of hydrogen-bond donors (Lipinski definition) is 1. The first kappa shape index (κ1) is 18.5. The third-order valence-corrected chi connectivity index (χ3v) is 4.35. The minimum atomic E-state index is -0.580. The zero-order valence-corrected chi connectivity index (χ0v) is 15.5. The first-order chi connectivity index (χ1) is 12.9. The van der Waals surface area contributed by atoms with E-state index in [2.05, 4.69) is 10.3 Å². The molecule has 7 nitrogen and oxygen atoms in total. The van der Waals surface area contributed by atoms with Gasteiger partial charge in [-0.3, -0.25) is 20.2 Å². The van der Waals surface area contributed by atoms with E-state index in [1.54, 1.807) is 6.07 Å². The van der Waals surface area contributed by atoms with Gasteiger partial charge in [-0.15, -0.1) is 11.3 Å². The van der Waals surface area contributed by atoms with E-state index in [0.717, 1.165) is 11.3 Å². The maximum absolute atomic E-state index is 12.4. The zero-order chi connectivity index (χ0) is 19.4. The Kier molecular flexibility index (Phi) is 5.46. The van der Waals surface area contributed by atoms with Crippen LogP contribution in [0.1, 0.15) is 24.2 Å². The van der Waals surface area contributed by atoms with Gasteiger partial charge in [0.25, 0.3) is 11.6 Å². The van der Waals surface area contributed by atoms with Crippen LogP contribution in [0.25, 0.3) is 11.3 Å². The second kappa shape index (κ2) is 7.96. The molecule has 138 valence electrons. The fourth-order valence-electron chi connectivity index (χ4n) is 2.43. The van der Waals surface area contributed by atoms with Gasteiger partial charge in [-0.1, -0.05) is 12.1 Å². The SMILES string of the molecule is CC(C)Oc1ccc(-c2csc(NC(=O)c3ccccc3[N+](=O)[O-])n2)cc1. The molecule has 0 spiro atoms. The molecular formula is C19H17N3O4S. The van der Waals surface area contributed by atoms with Gasteiger partial charge in [0.1, 0.15) is 11.3 Å². The van der Waals surface area contributed by atoms with Gasteiger partial charge >= 0.3 is 0 Å². The van der Waals surface area contributed by atoms with Gasteiger partial charge in [-0.05, 0) is 44.2 Å². The smallest absolute Gasteiger partial charge is 0.282 e. The molecule has 1 N–H and O–H groups in total. The number of ether oxygens (including phenoxy) is 1. The highest BCUT2D eigenvalue weighted by Gasteiger charge is 2.20. The number of benzene rings is 2. The average molecular weight is 383 g/mol. The molecule has 0 saturated heterocycles. The molecule has 1 amide bonds. The van der Waals surface area contributed by atoms with Crippen LogP contribution in [0, 0.1) is 10.1 Å². The Morgan fingerprint density at radius 1 is 1.19 bits per heavy atom. The maximum atomic E-state index is 12.4. The van der Waals surface area contributed by atoms with E-state index in [4.69, 9.17) is 4.74 Å². The lowest BCUT2D eigenvalue weighted by atomic mass is 10.1. The number of para-hydroxylation sites is 1. The maximum Gasteiger partial charge on any atom is 0.282 e. The standard InChI is InChI=1S/C19H17N3O4S/c1-12(2)26-14-9-7-13(8-10-14)16-11-27-19(20-16)21-18(23)15-5-3-4-6-17(15)22(24)25/h3-12H,1-2H3,(H,20,21,23). The molecule has 1 aromatic heterocycles. The first-order valence-corrected chi connectivity index (χ1v) is 9.09. The van der Waals surface area contributed by atoms with Crippen molar-refractivity contribution in [2.24, 2.45) is 0 Å². The number of thiazole rings is 1. The van der Waals surface area contributed by atoms with E-state index >= 15 is 0 Å². The molecule has 0 unspecified atom stereocenters. The van der Waals surface area contributed by atoms with E-state index in [1.807, 2.05) is 43.5 Å². The van der Waals surface area contributed by atoms with Crippen molar-refractivity contribution in [1.29, 1.82) is 0 Å². The van der Waals surface area contributed by atoms with E-state index in [0.29, 0.717) is 10.8 Å². The number of amides is 1. The number of aromatic nitrogens is 1. The van der Waals surface area contributed by atoms with Crippen molar-refractivity contribution in [3.63, 3.8) is 0 Å². The summed E-state index contributed by atoms with van der Waals surface area (Å²) in [7, 11) is 0. The second-order valence-corrected chi connectivity index (χ2v) is 6.82. The number of carbonyl (C=O) groups excluding carboxylic acids is 1. The Morgan fingerprint density at radius 2 is 1.89 bits per heavy atom. The van der Waals surface area contributed by atoms with Crippen LogP contribution in [0.2, 0.25) is 0 Å². The number of nitrogens with zero attached hydrogens (tertiary/aromatic N) is 2. The van der Waals surface area contributed by atoms with Gasteiger partial charge in [0.15, 0.2) is 5.13 Å². The van der Waals surface area contributed by atoms with Crippen LogP contribution in [0.4, 0.5) is 10.8 Å². The van der Waals surface area contributed by atoms with Crippen LogP contribution in [0.15, 0.2) is 53.9 Å². The number of rotatable bonds is 6. The van der Waals surface area contributed by atoms with Crippen molar-refractivity contribution in [2.75, 3.05) is 5.32 Å². The van der Waals surface area contributed by atoms with E-state index in [9.17, 15) is 14.9 Å². The molecule has 0 aliphatic carbocycles. The zero-order valence-electron chi connectivity index (χ0n) is 14.7. The number of anilines is 1. The lowest BCUT2D eigenvalue weighted by Crippen LogP contribution is -2.13. The van der Waals surface area contributed by atoms with Crippen LogP contribution in [0.3, 0.4) is 0 Å². The van der Waals surface area contributed by atoms with E-state index < -0.39 is 10.8 Å². The predicted octanol–water partition coefficient (Wildman–Crippen LogP) is 4.76. The predicted molar refractivity (Wildman–Crippen MR) is 104 cm³/mol. The highest BCUT2D eigenvalue weighted by Crippen LogP contribution is 2.27. The van der Waals surface area contributed by atoms with Gasteiger partial charge in [-0.25, -0.2) is 4.98 Å². The summed E-state index contributed by atoms with van der Waals surface area (Å²) in [4.78, 5) is 27.2. The van der Waals surface area contributed by atoms with Crippen LogP contribution >= 0.6 is 11.3 Å². The summed E-state index contributed by atoms with van der Waals surface area (Å²) in [5.41, 5.74) is 1.34. The normalized spacial score (nSPS) is 10.6. The first-order valence-electron chi connectivity index (χ1n) is 8.21. The number of nitrogens with one attached hydrogen (secondary N) is 1. The number of carbonyl (C=O) groups is 1. The molecule has 0 bridgehead atoms. The Bertz CT molecular complexity index is 967. The minimum Gasteiger partial charge on any atom is -0.491 e. The summed E-state index contributed by atoms with van der Waals surface area (Å²) in [6, 6.07) is 13.3. The van der Waals surface area contributed by atoms with Gasteiger partial charge in [-0.2, -0.15) is 0 Å². The summed E-state index contributed by atoms with van der Waals surface area (Å²) in [6.07, 6.45) is 0.0963. The molecule has 0 radical (unpaired) electrons. The Balaban J connectivity index is 1.75. The monoisotopic (exact) mass is 383 g/mol. The third-order valence-electron chi connectivity index (χ3n) is 3.59. The highest BCUT2D eigenvalue weighted by atomic mass is 32.1. The molecule has 1 heterocycles. The largest absolute Gasteiger partial charge is 0.491 e. The van der Waals surface area contributed by atoms with Crippen LogP contribution < -0.4 is 10.1 Å². The van der Waals surface area contributed by atoms with Gasteiger partial charge in [0.2, 0.25) is 0 Å². The fourth-order valence-corrected chi connectivity index (χ4v) is 3.14. The Labute approximate surface area is 159 Å². The van der Waals surface area contributed by atoms with Crippen LogP contribution in [-0.4, -0.2) is 21.9 Å². The summed E-state index contributed by atoms with van der Waals surface area (Å²) in [5.74, 6) is 0.206. The lowest BCUT2D eigenvalue weighted by Gasteiger charge is -2.09. The van der Waals surface area contributed by atoms with Crippen molar-refractivity contribution in [3.8, 4) is 17.0 Å². The molecule has 8 heteroatoms. The van der Waals surface area contributed by atoms with Crippen molar-refractivity contribution >= 4 is 28.1 Å². The van der Waals surface area contributed by atoms with E-state index in [1.165, 1.54) is 29.5 Å². The van der Waals surface area contributed by atoms with Gasteiger partial charge < -0.3 is 4.74 Å². The summed E-state index contributed by atoms with van der Waals surface area (Å²) in [5, 5.41) is 15.9. The van der Waals surface area contributed by atoms with Crippen molar-refractivity contribution in [2.45, 2.75) is 20.0 Å². The van der Waals surface area contributed by atoms with Crippen molar-refractivity contribution in [3.05, 3.63) is 69.6 Å². The summed E-state index contributed by atoms with van der Waals surface area (Å²) < 4.78 is 5.61. The molecule has 3 rings (SSSR count). The number of hydrogen-bond acceptors (Lipinski definition) is 6. The molecule has 3 aromatic rings. The molecule has 0 aliphatic rings. The topological polar surface area (TPSA) is 94.4 Å². The fraction of sp³-hybridized carbons (Fsp3) is 0.158. The van der Waals surface area contributed by atoms with Gasteiger partial charge in [0, 0.05) is 17.0 Å². The Morgan fingerprint density at radius 3 is 2.56 bits per heavy atom. The third kappa shape index (κ3) is 4.48. The Hall–Kier alpha value is -3.26. The minimum absolute atomic E-state index is 0.00515. The number of nitro benzene ring substituents is 1. The van der Waals surface area contributed by atoms with Crippen molar-refractivity contribution in [1.82, 2.24) is 4.98 Å².